The molecular weight excluding hydrogens is 293 g/mol. The van der Waals surface area contributed by atoms with Gasteiger partial charge in [0.15, 0.2) is 0 Å². The highest BCUT2D eigenvalue weighted by Gasteiger charge is 2.27. The van der Waals surface area contributed by atoms with E-state index in [4.69, 9.17) is 4.42 Å². The number of carbonyl (C=O) groups excluding carboxylic acids is 1. The minimum absolute atomic E-state index is 0.0480. The number of aromatic nitrogens is 2. The molecule has 1 atom stereocenters. The van der Waals surface area contributed by atoms with E-state index in [2.05, 4.69) is 15.5 Å². The molecule has 7 heteroatoms. The largest absolute Gasteiger partial charge is 0.411 e. The highest BCUT2D eigenvalue weighted by molar-refractivity contribution is 8.00. The van der Waals surface area contributed by atoms with Crippen molar-refractivity contribution in [2.24, 2.45) is 0 Å². The number of nitrogens with one attached hydrogen (secondary N) is 1. The number of hydrogen-bond acceptors (Lipinski definition) is 5. The van der Waals surface area contributed by atoms with E-state index in [0.29, 0.717) is 6.04 Å². The van der Waals surface area contributed by atoms with E-state index in [0.717, 1.165) is 12.8 Å². The van der Waals surface area contributed by atoms with E-state index in [1.165, 1.54) is 17.8 Å². The number of halogens is 1. The van der Waals surface area contributed by atoms with Crippen molar-refractivity contribution in [2.75, 3.05) is 0 Å². The Morgan fingerprint density at radius 2 is 2.19 bits per heavy atom. The van der Waals surface area contributed by atoms with Gasteiger partial charge in [0.1, 0.15) is 5.82 Å². The van der Waals surface area contributed by atoms with Gasteiger partial charge in [-0.3, -0.25) is 4.79 Å². The molecule has 0 unspecified atom stereocenters. The lowest BCUT2D eigenvalue weighted by atomic mass is 10.2. The van der Waals surface area contributed by atoms with E-state index in [9.17, 15) is 9.18 Å². The summed E-state index contributed by atoms with van der Waals surface area (Å²) in [5.74, 6) is -0.351. The van der Waals surface area contributed by atoms with Gasteiger partial charge in [-0.05, 0) is 31.9 Å². The van der Waals surface area contributed by atoms with Crippen LogP contribution in [-0.2, 0) is 4.79 Å². The maximum atomic E-state index is 13.6. The van der Waals surface area contributed by atoms with Gasteiger partial charge in [0.25, 0.3) is 11.1 Å². The maximum absolute atomic E-state index is 13.6. The molecule has 2 aromatic rings. The SMILES string of the molecule is C[C@H](Sc1nnc(-c2ccccc2F)o1)C(=O)NC1CC1. The second-order valence-corrected chi connectivity index (χ2v) is 6.19. The van der Waals surface area contributed by atoms with Gasteiger partial charge in [0.05, 0.1) is 10.8 Å². The van der Waals surface area contributed by atoms with Crippen molar-refractivity contribution >= 4 is 17.7 Å². The lowest BCUT2D eigenvalue weighted by Crippen LogP contribution is -2.32. The van der Waals surface area contributed by atoms with Crippen LogP contribution in [0.25, 0.3) is 11.5 Å². The molecule has 1 aromatic heterocycles. The monoisotopic (exact) mass is 307 g/mol. The minimum Gasteiger partial charge on any atom is -0.411 e. The van der Waals surface area contributed by atoms with Crippen LogP contribution in [0.3, 0.4) is 0 Å². The Morgan fingerprint density at radius 1 is 1.43 bits per heavy atom. The number of amides is 1. The first-order valence-electron chi connectivity index (χ1n) is 6.69. The summed E-state index contributed by atoms with van der Waals surface area (Å²) in [5.41, 5.74) is 0.256. The second-order valence-electron chi connectivity index (χ2n) is 4.90. The smallest absolute Gasteiger partial charge is 0.277 e. The zero-order valence-electron chi connectivity index (χ0n) is 11.4. The van der Waals surface area contributed by atoms with E-state index < -0.39 is 5.82 Å². The first-order valence-corrected chi connectivity index (χ1v) is 7.57. The lowest BCUT2D eigenvalue weighted by molar-refractivity contribution is -0.120. The van der Waals surface area contributed by atoms with Crippen molar-refractivity contribution < 1.29 is 13.6 Å². The summed E-state index contributed by atoms with van der Waals surface area (Å²) >= 11 is 1.17. The van der Waals surface area contributed by atoms with Gasteiger partial charge in [-0.25, -0.2) is 4.39 Å². The molecule has 3 rings (SSSR count). The van der Waals surface area contributed by atoms with Crippen LogP contribution in [0.4, 0.5) is 4.39 Å². The predicted molar refractivity (Wildman–Crippen MR) is 76.2 cm³/mol. The molecule has 1 N–H and O–H groups in total. The van der Waals surface area contributed by atoms with Crippen molar-refractivity contribution in [1.29, 1.82) is 0 Å². The molecule has 21 heavy (non-hydrogen) atoms. The third-order valence-corrected chi connectivity index (χ3v) is 4.02. The van der Waals surface area contributed by atoms with Crippen molar-refractivity contribution in [3.63, 3.8) is 0 Å². The Balaban J connectivity index is 1.67. The molecule has 110 valence electrons. The molecule has 1 aliphatic rings. The molecule has 1 aromatic carbocycles. The summed E-state index contributed by atoms with van der Waals surface area (Å²) in [5, 5.41) is 10.5. The van der Waals surface area contributed by atoms with Gasteiger partial charge >= 0.3 is 0 Å². The van der Waals surface area contributed by atoms with E-state index >= 15 is 0 Å². The highest BCUT2D eigenvalue weighted by Crippen LogP contribution is 2.28. The van der Waals surface area contributed by atoms with Crippen molar-refractivity contribution in [3.05, 3.63) is 30.1 Å². The first-order chi connectivity index (χ1) is 10.1. The average Bonchev–Trinajstić information content (AvgIpc) is 3.16. The van der Waals surface area contributed by atoms with Crippen LogP contribution in [0.5, 0.6) is 0 Å². The molecule has 0 radical (unpaired) electrons. The van der Waals surface area contributed by atoms with E-state index in [1.807, 2.05) is 0 Å². The summed E-state index contributed by atoms with van der Waals surface area (Å²) in [6.07, 6.45) is 2.09. The molecule has 1 fully saturated rings. The summed E-state index contributed by atoms with van der Waals surface area (Å²) in [4.78, 5) is 11.8. The van der Waals surface area contributed by atoms with Gasteiger partial charge in [-0.1, -0.05) is 23.9 Å². The highest BCUT2D eigenvalue weighted by atomic mass is 32.2. The number of benzene rings is 1. The summed E-state index contributed by atoms with van der Waals surface area (Å²) in [7, 11) is 0. The fourth-order valence-electron chi connectivity index (χ4n) is 1.75. The van der Waals surface area contributed by atoms with Gasteiger partial charge in [-0.2, -0.15) is 0 Å². The summed E-state index contributed by atoms with van der Waals surface area (Å²) in [6, 6.07) is 6.51. The molecule has 1 saturated carbocycles. The normalized spacial score (nSPS) is 15.7. The third kappa shape index (κ3) is 3.41. The first kappa shape index (κ1) is 14.1. The minimum atomic E-state index is -0.419. The zero-order valence-corrected chi connectivity index (χ0v) is 12.2. The Morgan fingerprint density at radius 3 is 2.90 bits per heavy atom. The van der Waals surface area contributed by atoms with E-state index in [-0.39, 0.29) is 27.8 Å². The number of rotatable bonds is 5. The zero-order chi connectivity index (χ0) is 14.8. The van der Waals surface area contributed by atoms with Crippen LogP contribution < -0.4 is 5.32 Å². The number of thioether (sulfide) groups is 1. The van der Waals surface area contributed by atoms with Gasteiger partial charge in [0.2, 0.25) is 5.91 Å². The Labute approximate surface area is 125 Å². The number of nitrogens with zero attached hydrogens (tertiary/aromatic N) is 2. The van der Waals surface area contributed by atoms with Crippen molar-refractivity contribution in [3.8, 4) is 11.5 Å². The van der Waals surface area contributed by atoms with Crippen LogP contribution in [0, 0.1) is 5.82 Å². The fraction of sp³-hybridized carbons (Fsp3) is 0.357. The molecule has 0 spiro atoms. The predicted octanol–water partition coefficient (Wildman–Crippen LogP) is 2.63. The molecule has 5 nitrogen and oxygen atoms in total. The van der Waals surface area contributed by atoms with Crippen LogP contribution in [-0.4, -0.2) is 27.4 Å². The quantitative estimate of drug-likeness (QED) is 0.860. The van der Waals surface area contributed by atoms with Crippen molar-refractivity contribution in [2.45, 2.75) is 36.3 Å². The number of carbonyl (C=O) groups is 1. The molecule has 1 heterocycles. The molecule has 0 bridgehead atoms. The second kappa shape index (κ2) is 5.85. The summed E-state index contributed by atoms with van der Waals surface area (Å²) in [6.45, 7) is 1.77. The van der Waals surface area contributed by atoms with Gasteiger partial charge in [-0.15, -0.1) is 10.2 Å². The topological polar surface area (TPSA) is 68.0 Å². The molecule has 1 amide bonds. The van der Waals surface area contributed by atoms with Crippen molar-refractivity contribution in [1.82, 2.24) is 15.5 Å². The van der Waals surface area contributed by atoms with Crippen LogP contribution >= 0.6 is 11.8 Å². The molecular formula is C14H14FN3O2S. The molecule has 0 saturated heterocycles. The Kier molecular flexibility index (Phi) is 3.92. The maximum Gasteiger partial charge on any atom is 0.277 e. The fourth-order valence-corrected chi connectivity index (χ4v) is 2.44. The van der Waals surface area contributed by atoms with Crippen LogP contribution in [0.15, 0.2) is 33.9 Å². The van der Waals surface area contributed by atoms with E-state index in [1.54, 1.807) is 25.1 Å². The Hall–Kier alpha value is -1.89. The standard InChI is InChI=1S/C14H14FN3O2S/c1-8(12(19)16-9-6-7-9)21-14-18-17-13(20-14)10-4-2-3-5-11(10)15/h2-5,8-9H,6-7H2,1H3,(H,16,19)/t8-/m0/s1. The van der Waals surface area contributed by atoms with Gasteiger partial charge < -0.3 is 9.73 Å². The van der Waals surface area contributed by atoms with Crippen LogP contribution in [0.2, 0.25) is 0 Å². The lowest BCUT2D eigenvalue weighted by Gasteiger charge is -2.08. The Bertz CT molecular complexity index is 657. The number of hydrogen-bond donors (Lipinski definition) is 1. The van der Waals surface area contributed by atoms with Crippen LogP contribution in [0.1, 0.15) is 19.8 Å². The molecule has 0 aliphatic heterocycles. The summed E-state index contributed by atoms with van der Waals surface area (Å²) < 4.78 is 19.0. The molecule has 1 aliphatic carbocycles. The van der Waals surface area contributed by atoms with Gasteiger partial charge in [0, 0.05) is 6.04 Å². The average molecular weight is 307 g/mol. The third-order valence-electron chi connectivity index (χ3n) is 3.08.